The van der Waals surface area contributed by atoms with Crippen molar-refractivity contribution in [2.75, 3.05) is 26.8 Å². The first-order valence-corrected chi connectivity index (χ1v) is 6.71. The van der Waals surface area contributed by atoms with E-state index in [9.17, 15) is 0 Å². The predicted octanol–water partition coefficient (Wildman–Crippen LogP) is 1.69. The zero-order valence-electron chi connectivity index (χ0n) is 9.82. The van der Waals surface area contributed by atoms with Gasteiger partial charge in [0.2, 0.25) is 0 Å². The normalized spacial score (nSPS) is 20.2. The molecule has 0 saturated carbocycles. The molecule has 0 amide bonds. The zero-order valence-corrected chi connectivity index (χ0v) is 10.6. The van der Waals surface area contributed by atoms with Crippen LogP contribution in [0.1, 0.15) is 18.4 Å². The maximum atomic E-state index is 5.97. The van der Waals surface area contributed by atoms with Crippen molar-refractivity contribution in [1.82, 2.24) is 4.90 Å². The molecule has 0 atom stereocenters. The highest BCUT2D eigenvalue weighted by Crippen LogP contribution is 2.27. The highest BCUT2D eigenvalue weighted by atomic mass is 32.1. The Morgan fingerprint density at radius 2 is 2.25 bits per heavy atom. The van der Waals surface area contributed by atoms with E-state index in [2.05, 4.69) is 28.8 Å². The van der Waals surface area contributed by atoms with Crippen LogP contribution in [0.4, 0.5) is 0 Å². The van der Waals surface area contributed by atoms with Gasteiger partial charge in [-0.05, 0) is 42.3 Å². The summed E-state index contributed by atoms with van der Waals surface area (Å²) in [5.74, 6) is 0. The molecule has 0 unspecified atom stereocenters. The lowest BCUT2D eigenvalue weighted by atomic mass is 9.88. The van der Waals surface area contributed by atoms with Crippen molar-refractivity contribution in [3.05, 3.63) is 22.4 Å². The quantitative estimate of drug-likeness (QED) is 0.870. The Bertz CT molecular complexity index is 307. The van der Waals surface area contributed by atoms with E-state index in [0.717, 1.165) is 39.1 Å². The smallest absolute Gasteiger partial charge is 0.0484 e. The van der Waals surface area contributed by atoms with Crippen LogP contribution in [0.25, 0.3) is 0 Å². The summed E-state index contributed by atoms with van der Waals surface area (Å²) >= 11 is 1.75. The number of hydrogen-bond donors (Lipinski definition) is 1. The highest BCUT2D eigenvalue weighted by molar-refractivity contribution is 7.07. The number of hydrogen-bond acceptors (Lipinski definition) is 4. The van der Waals surface area contributed by atoms with Crippen molar-refractivity contribution in [3.63, 3.8) is 0 Å². The summed E-state index contributed by atoms with van der Waals surface area (Å²) in [4.78, 5) is 2.40. The molecule has 3 nitrogen and oxygen atoms in total. The lowest BCUT2D eigenvalue weighted by Crippen LogP contribution is -2.54. The van der Waals surface area contributed by atoms with Crippen LogP contribution in [-0.2, 0) is 11.3 Å². The van der Waals surface area contributed by atoms with Crippen LogP contribution in [0.2, 0.25) is 0 Å². The molecule has 0 radical (unpaired) electrons. The number of nitrogens with zero attached hydrogens (tertiary/aromatic N) is 1. The van der Waals surface area contributed by atoms with E-state index in [1.165, 1.54) is 5.56 Å². The molecule has 1 aliphatic heterocycles. The van der Waals surface area contributed by atoms with E-state index in [0.29, 0.717) is 0 Å². The molecule has 2 rings (SSSR count). The topological polar surface area (TPSA) is 38.5 Å². The summed E-state index contributed by atoms with van der Waals surface area (Å²) in [7, 11) is 2.18. The van der Waals surface area contributed by atoms with Gasteiger partial charge in [-0.15, -0.1) is 0 Å². The molecular formula is C12H20N2OS. The molecule has 1 aromatic heterocycles. The zero-order chi connectivity index (χ0) is 11.4. The van der Waals surface area contributed by atoms with Gasteiger partial charge in [-0.1, -0.05) is 0 Å². The van der Waals surface area contributed by atoms with Crippen molar-refractivity contribution in [1.29, 1.82) is 0 Å². The van der Waals surface area contributed by atoms with Gasteiger partial charge < -0.3 is 10.5 Å². The fourth-order valence-corrected chi connectivity index (χ4v) is 2.98. The van der Waals surface area contributed by atoms with Crippen molar-refractivity contribution >= 4 is 11.3 Å². The standard InChI is InChI=1S/C12H20N2OS/c1-14(8-11-2-7-16-9-11)12(10-13)3-5-15-6-4-12/h2,7,9H,3-6,8,10,13H2,1H3. The van der Waals surface area contributed by atoms with Gasteiger partial charge in [-0.25, -0.2) is 0 Å². The molecule has 1 aromatic rings. The van der Waals surface area contributed by atoms with Gasteiger partial charge in [0.15, 0.2) is 0 Å². The Labute approximate surface area is 101 Å². The van der Waals surface area contributed by atoms with E-state index < -0.39 is 0 Å². The molecular weight excluding hydrogens is 220 g/mol. The van der Waals surface area contributed by atoms with Crippen molar-refractivity contribution in [2.45, 2.75) is 24.9 Å². The summed E-state index contributed by atoms with van der Waals surface area (Å²) in [5, 5.41) is 4.34. The third-order valence-corrected chi connectivity index (χ3v) is 4.35. The molecule has 1 fully saturated rings. The second-order valence-electron chi connectivity index (χ2n) is 4.53. The maximum Gasteiger partial charge on any atom is 0.0484 e. The van der Waals surface area contributed by atoms with Gasteiger partial charge in [-0.3, -0.25) is 4.90 Å². The van der Waals surface area contributed by atoms with Gasteiger partial charge >= 0.3 is 0 Å². The van der Waals surface area contributed by atoms with E-state index in [4.69, 9.17) is 10.5 Å². The number of ether oxygens (including phenoxy) is 1. The van der Waals surface area contributed by atoms with Crippen LogP contribution in [-0.4, -0.2) is 37.2 Å². The minimum atomic E-state index is 0.139. The van der Waals surface area contributed by atoms with Crippen molar-refractivity contribution in [3.8, 4) is 0 Å². The summed E-state index contributed by atoms with van der Waals surface area (Å²) in [6.45, 7) is 3.38. The van der Waals surface area contributed by atoms with Crippen LogP contribution in [0.5, 0.6) is 0 Å². The lowest BCUT2D eigenvalue weighted by Gasteiger charge is -2.43. The van der Waals surface area contributed by atoms with Crippen LogP contribution in [0.3, 0.4) is 0 Å². The number of rotatable bonds is 4. The molecule has 0 spiro atoms. The Balaban J connectivity index is 2.02. The van der Waals surface area contributed by atoms with Gasteiger partial charge in [0, 0.05) is 31.8 Å². The maximum absolute atomic E-state index is 5.97. The summed E-state index contributed by atoms with van der Waals surface area (Å²) in [5.41, 5.74) is 7.49. The Hall–Kier alpha value is -0.420. The second kappa shape index (κ2) is 5.27. The molecule has 1 aliphatic rings. The first kappa shape index (κ1) is 12.0. The largest absolute Gasteiger partial charge is 0.381 e. The van der Waals surface area contributed by atoms with E-state index in [1.807, 2.05) is 0 Å². The summed E-state index contributed by atoms with van der Waals surface area (Å²) in [6, 6.07) is 2.19. The third-order valence-electron chi connectivity index (χ3n) is 3.61. The Kier molecular flexibility index (Phi) is 3.97. The first-order valence-electron chi connectivity index (χ1n) is 5.77. The van der Waals surface area contributed by atoms with Gasteiger partial charge in [0.05, 0.1) is 0 Å². The molecule has 0 aliphatic carbocycles. The summed E-state index contributed by atoms with van der Waals surface area (Å²) < 4.78 is 5.43. The lowest BCUT2D eigenvalue weighted by molar-refractivity contribution is -0.0163. The van der Waals surface area contributed by atoms with Crippen LogP contribution < -0.4 is 5.73 Å². The molecule has 2 heterocycles. The van der Waals surface area contributed by atoms with Crippen molar-refractivity contribution < 1.29 is 4.74 Å². The predicted molar refractivity (Wildman–Crippen MR) is 67.6 cm³/mol. The molecule has 16 heavy (non-hydrogen) atoms. The van der Waals surface area contributed by atoms with E-state index in [1.54, 1.807) is 11.3 Å². The average Bonchev–Trinajstić information content (AvgIpc) is 2.82. The van der Waals surface area contributed by atoms with E-state index >= 15 is 0 Å². The monoisotopic (exact) mass is 240 g/mol. The third kappa shape index (κ3) is 2.46. The molecule has 4 heteroatoms. The Morgan fingerprint density at radius 3 is 2.81 bits per heavy atom. The van der Waals surface area contributed by atoms with Crippen molar-refractivity contribution in [2.24, 2.45) is 5.73 Å². The number of nitrogens with two attached hydrogens (primary N) is 1. The Morgan fingerprint density at radius 1 is 1.50 bits per heavy atom. The fraction of sp³-hybridized carbons (Fsp3) is 0.667. The fourth-order valence-electron chi connectivity index (χ4n) is 2.32. The summed E-state index contributed by atoms with van der Waals surface area (Å²) in [6.07, 6.45) is 2.09. The van der Waals surface area contributed by atoms with Crippen LogP contribution in [0.15, 0.2) is 16.8 Å². The van der Waals surface area contributed by atoms with Gasteiger partial charge in [0.25, 0.3) is 0 Å². The number of likely N-dealkylation sites (N-methyl/N-ethyl adjacent to an activating group) is 1. The average molecular weight is 240 g/mol. The molecule has 90 valence electrons. The molecule has 0 bridgehead atoms. The van der Waals surface area contributed by atoms with Crippen LogP contribution >= 0.6 is 11.3 Å². The van der Waals surface area contributed by atoms with Gasteiger partial charge in [-0.2, -0.15) is 11.3 Å². The highest BCUT2D eigenvalue weighted by Gasteiger charge is 2.35. The molecule has 0 aromatic carbocycles. The van der Waals surface area contributed by atoms with Crippen LogP contribution in [0, 0.1) is 0 Å². The minimum Gasteiger partial charge on any atom is -0.381 e. The number of thiophene rings is 1. The first-order chi connectivity index (χ1) is 7.77. The minimum absolute atomic E-state index is 0.139. The SMILES string of the molecule is CN(Cc1ccsc1)C1(CN)CCOCC1. The van der Waals surface area contributed by atoms with Gasteiger partial charge in [0.1, 0.15) is 0 Å². The second-order valence-corrected chi connectivity index (χ2v) is 5.31. The molecule has 1 saturated heterocycles. The molecule has 2 N–H and O–H groups in total. The van der Waals surface area contributed by atoms with E-state index in [-0.39, 0.29) is 5.54 Å².